The van der Waals surface area contributed by atoms with E-state index in [9.17, 15) is 4.79 Å². The van der Waals surface area contributed by atoms with Crippen LogP contribution in [-0.4, -0.2) is 47.5 Å². The predicted molar refractivity (Wildman–Crippen MR) is 81.7 cm³/mol. The van der Waals surface area contributed by atoms with Crippen molar-refractivity contribution in [1.82, 2.24) is 4.90 Å². The van der Waals surface area contributed by atoms with Gasteiger partial charge in [-0.1, -0.05) is 30.3 Å². The quantitative estimate of drug-likeness (QED) is 0.799. The summed E-state index contributed by atoms with van der Waals surface area (Å²) >= 11 is 6.00. The average Bonchev–Trinajstić information content (AvgIpc) is 3.00. The molecule has 1 aromatic carbocycles. The molecule has 0 saturated carbocycles. The number of cyclic esters (lactones) is 1. The number of nitrogens with zero attached hydrogens (tertiary/aromatic N) is 1. The number of halogens is 1. The van der Waals surface area contributed by atoms with Gasteiger partial charge < -0.3 is 14.2 Å². The Morgan fingerprint density at radius 3 is 2.68 bits per heavy atom. The molecule has 0 radical (unpaired) electrons. The highest BCUT2D eigenvalue weighted by Crippen LogP contribution is 2.34. The molecule has 6 heteroatoms. The van der Waals surface area contributed by atoms with Crippen molar-refractivity contribution in [2.75, 3.05) is 12.5 Å². The zero-order valence-corrected chi connectivity index (χ0v) is 13.5. The highest BCUT2D eigenvalue weighted by Gasteiger charge is 2.50. The third-order valence-corrected chi connectivity index (χ3v) is 4.27. The highest BCUT2D eigenvalue weighted by molar-refractivity contribution is 6.18. The topological polar surface area (TPSA) is 48.0 Å². The minimum Gasteiger partial charge on any atom is -0.447 e. The van der Waals surface area contributed by atoms with Crippen LogP contribution in [0.1, 0.15) is 19.4 Å². The summed E-state index contributed by atoms with van der Waals surface area (Å²) in [4.78, 5) is 13.8. The number of carbonyl (C=O) groups is 1. The summed E-state index contributed by atoms with van der Waals surface area (Å²) in [6.45, 7) is 4.49. The zero-order chi connectivity index (χ0) is 15.7. The molecule has 2 aliphatic heterocycles. The van der Waals surface area contributed by atoms with Crippen molar-refractivity contribution in [3.63, 3.8) is 0 Å². The van der Waals surface area contributed by atoms with Gasteiger partial charge in [0, 0.05) is 6.54 Å². The van der Waals surface area contributed by atoms with Gasteiger partial charge in [0.2, 0.25) is 0 Å². The van der Waals surface area contributed by atoms with Crippen LogP contribution in [0, 0.1) is 0 Å². The molecule has 2 fully saturated rings. The monoisotopic (exact) mass is 325 g/mol. The average molecular weight is 326 g/mol. The lowest BCUT2D eigenvalue weighted by molar-refractivity contribution is -0.149. The molecule has 0 unspecified atom stereocenters. The first kappa shape index (κ1) is 15.6. The molecule has 2 saturated heterocycles. The van der Waals surface area contributed by atoms with E-state index in [-0.39, 0.29) is 24.3 Å². The van der Waals surface area contributed by atoms with Crippen LogP contribution in [0.3, 0.4) is 0 Å². The van der Waals surface area contributed by atoms with E-state index in [4.69, 9.17) is 25.8 Å². The lowest BCUT2D eigenvalue weighted by atomic mass is 10.1. The SMILES string of the molecule is CC1(C)O[C@H]([C@H]2COC(=O)N2Cc2ccccc2)[C@@H](CCl)O1. The van der Waals surface area contributed by atoms with E-state index in [1.165, 1.54) is 0 Å². The van der Waals surface area contributed by atoms with E-state index in [1.54, 1.807) is 4.90 Å². The third kappa shape index (κ3) is 3.07. The van der Waals surface area contributed by atoms with Gasteiger partial charge in [-0.15, -0.1) is 11.6 Å². The minimum atomic E-state index is -0.700. The maximum Gasteiger partial charge on any atom is 0.410 e. The molecule has 0 bridgehead atoms. The summed E-state index contributed by atoms with van der Waals surface area (Å²) in [6.07, 6.45) is -0.868. The van der Waals surface area contributed by atoms with Crippen LogP contribution in [0.4, 0.5) is 4.79 Å². The van der Waals surface area contributed by atoms with Gasteiger partial charge in [-0.2, -0.15) is 0 Å². The van der Waals surface area contributed by atoms with Crippen LogP contribution >= 0.6 is 11.6 Å². The first-order valence-electron chi connectivity index (χ1n) is 7.39. The summed E-state index contributed by atoms with van der Waals surface area (Å²) in [7, 11) is 0. The maximum atomic E-state index is 12.1. The second-order valence-corrected chi connectivity index (χ2v) is 6.36. The van der Waals surface area contributed by atoms with Gasteiger partial charge in [-0.3, -0.25) is 4.90 Å². The van der Waals surface area contributed by atoms with Crippen molar-refractivity contribution in [2.45, 2.75) is 44.4 Å². The summed E-state index contributed by atoms with van der Waals surface area (Å²) < 4.78 is 17.0. The fraction of sp³-hybridized carbons (Fsp3) is 0.562. The normalized spacial score (nSPS) is 30.6. The Morgan fingerprint density at radius 2 is 2.00 bits per heavy atom. The number of benzene rings is 1. The number of alkyl halides is 1. The molecule has 3 rings (SSSR count). The van der Waals surface area contributed by atoms with E-state index in [0.29, 0.717) is 19.0 Å². The zero-order valence-electron chi connectivity index (χ0n) is 12.7. The van der Waals surface area contributed by atoms with Crippen molar-refractivity contribution in [1.29, 1.82) is 0 Å². The molecular weight excluding hydrogens is 306 g/mol. The third-order valence-electron chi connectivity index (χ3n) is 3.96. The number of carbonyl (C=O) groups excluding carboxylic acids is 1. The van der Waals surface area contributed by atoms with Gasteiger partial charge in [0.25, 0.3) is 0 Å². The van der Waals surface area contributed by atoms with Crippen molar-refractivity contribution in [2.24, 2.45) is 0 Å². The van der Waals surface area contributed by atoms with E-state index in [0.717, 1.165) is 5.56 Å². The van der Waals surface area contributed by atoms with Gasteiger partial charge in [-0.05, 0) is 19.4 Å². The van der Waals surface area contributed by atoms with Crippen LogP contribution in [0.25, 0.3) is 0 Å². The predicted octanol–water partition coefficient (Wildman–Crippen LogP) is 2.77. The second-order valence-electron chi connectivity index (χ2n) is 6.05. The van der Waals surface area contributed by atoms with Gasteiger partial charge >= 0.3 is 6.09 Å². The number of rotatable bonds is 4. The summed E-state index contributed by atoms with van der Waals surface area (Å²) in [5.41, 5.74) is 1.05. The molecule has 2 heterocycles. The molecule has 0 spiro atoms. The number of hydrogen-bond acceptors (Lipinski definition) is 4. The standard InChI is InChI=1S/C16H20ClNO4/c1-16(2)21-13(8-17)14(22-16)12-10-20-15(19)18(12)9-11-6-4-3-5-7-11/h3-7,12-14H,8-10H2,1-2H3/t12-,13-,14-/m1/s1. The Bertz CT molecular complexity index is 536. The van der Waals surface area contributed by atoms with Crippen LogP contribution < -0.4 is 0 Å². The minimum absolute atomic E-state index is 0.196. The van der Waals surface area contributed by atoms with Crippen LogP contribution in [-0.2, 0) is 20.8 Å². The van der Waals surface area contributed by atoms with Crippen molar-refractivity contribution in [3.05, 3.63) is 35.9 Å². The second kappa shape index (κ2) is 6.07. The summed E-state index contributed by atoms with van der Waals surface area (Å²) in [5, 5.41) is 0. The van der Waals surface area contributed by atoms with E-state index in [2.05, 4.69) is 0 Å². The Labute approximate surface area is 135 Å². The van der Waals surface area contributed by atoms with E-state index in [1.807, 2.05) is 44.2 Å². The fourth-order valence-electron chi connectivity index (χ4n) is 3.01. The first-order valence-corrected chi connectivity index (χ1v) is 7.92. The van der Waals surface area contributed by atoms with Crippen molar-refractivity contribution in [3.8, 4) is 0 Å². The van der Waals surface area contributed by atoms with Crippen molar-refractivity contribution >= 4 is 17.7 Å². The maximum absolute atomic E-state index is 12.1. The largest absolute Gasteiger partial charge is 0.447 e. The van der Waals surface area contributed by atoms with Crippen LogP contribution in [0.5, 0.6) is 0 Å². The number of hydrogen-bond donors (Lipinski definition) is 0. The van der Waals surface area contributed by atoms with E-state index >= 15 is 0 Å². The van der Waals surface area contributed by atoms with Gasteiger partial charge in [0.1, 0.15) is 18.8 Å². The Balaban J connectivity index is 1.78. The Hall–Kier alpha value is -1.30. The molecule has 1 amide bonds. The smallest absolute Gasteiger partial charge is 0.410 e. The van der Waals surface area contributed by atoms with Crippen LogP contribution in [0.15, 0.2) is 30.3 Å². The van der Waals surface area contributed by atoms with Gasteiger partial charge in [0.15, 0.2) is 5.79 Å². The van der Waals surface area contributed by atoms with E-state index < -0.39 is 5.79 Å². The molecule has 2 aliphatic rings. The number of ether oxygens (including phenoxy) is 3. The molecule has 120 valence electrons. The van der Waals surface area contributed by atoms with Gasteiger partial charge in [-0.25, -0.2) is 4.79 Å². The molecule has 0 aromatic heterocycles. The fourth-order valence-corrected chi connectivity index (χ4v) is 3.25. The van der Waals surface area contributed by atoms with Gasteiger partial charge in [0.05, 0.1) is 11.9 Å². The lowest BCUT2D eigenvalue weighted by Gasteiger charge is -2.28. The highest BCUT2D eigenvalue weighted by atomic mass is 35.5. The molecular formula is C16H20ClNO4. The number of amides is 1. The molecule has 22 heavy (non-hydrogen) atoms. The first-order chi connectivity index (χ1) is 10.5. The molecule has 0 N–H and O–H groups in total. The molecule has 1 aromatic rings. The molecule has 0 aliphatic carbocycles. The molecule has 5 nitrogen and oxygen atoms in total. The summed E-state index contributed by atoms with van der Waals surface area (Å²) in [6, 6.07) is 9.62. The van der Waals surface area contributed by atoms with Crippen LogP contribution in [0.2, 0.25) is 0 Å². The lowest BCUT2D eigenvalue weighted by Crippen LogP contribution is -2.46. The summed E-state index contributed by atoms with van der Waals surface area (Å²) in [5.74, 6) is -0.383. The molecule has 3 atom stereocenters. The van der Waals surface area contributed by atoms with Crippen molar-refractivity contribution < 1.29 is 19.0 Å². The Morgan fingerprint density at radius 1 is 1.27 bits per heavy atom. The Kier molecular flexibility index (Phi) is 4.30.